The Labute approximate surface area is 295 Å². The molecule has 2 saturated heterocycles. The Balaban J connectivity index is 1.85. The normalized spacial score (nSPS) is 46.2. The first-order valence-corrected chi connectivity index (χ1v) is 17.6. The molecule has 3 heterocycles. The van der Waals surface area contributed by atoms with Gasteiger partial charge in [-0.1, -0.05) is 32.1 Å². The van der Waals surface area contributed by atoms with Crippen LogP contribution in [0.15, 0.2) is 24.3 Å². The van der Waals surface area contributed by atoms with Crippen LogP contribution in [0.2, 0.25) is 0 Å². The molecular formula is C36H60O14. The number of hydrogen-bond donors (Lipinski definition) is 5. The number of hydrogen-bond acceptors (Lipinski definition) is 14. The fourth-order valence-electron chi connectivity index (χ4n) is 7.08. The molecule has 0 aromatic rings. The van der Waals surface area contributed by atoms with Crippen LogP contribution in [0.5, 0.6) is 0 Å². The largest absolute Gasteiger partial charge is 0.459 e. The Hall–Kier alpha value is -1.82. The molecule has 288 valence electrons. The van der Waals surface area contributed by atoms with Crippen LogP contribution >= 0.6 is 0 Å². The summed E-state index contributed by atoms with van der Waals surface area (Å²) in [6.07, 6.45) is -3.41. The van der Waals surface area contributed by atoms with Gasteiger partial charge in [0.1, 0.15) is 41.7 Å². The predicted octanol–water partition coefficient (Wildman–Crippen LogP) is 1.57. The minimum atomic E-state index is -1.89. The van der Waals surface area contributed by atoms with E-state index in [4.69, 9.17) is 33.2 Å². The first-order valence-electron chi connectivity index (χ1n) is 17.6. The summed E-state index contributed by atoms with van der Waals surface area (Å²) in [5, 5.41) is 54.3. The van der Waals surface area contributed by atoms with Crippen molar-refractivity contribution in [3.8, 4) is 0 Å². The van der Waals surface area contributed by atoms with Crippen molar-refractivity contribution >= 4 is 11.8 Å². The van der Waals surface area contributed by atoms with Gasteiger partial charge in [0.15, 0.2) is 18.4 Å². The first-order chi connectivity index (χ1) is 23.4. The summed E-state index contributed by atoms with van der Waals surface area (Å²) >= 11 is 0. The summed E-state index contributed by atoms with van der Waals surface area (Å²) in [6, 6.07) is 0. The van der Waals surface area contributed by atoms with Crippen molar-refractivity contribution in [1.82, 2.24) is 0 Å². The van der Waals surface area contributed by atoms with Gasteiger partial charge in [-0.15, -0.1) is 0 Å². The van der Waals surface area contributed by atoms with E-state index >= 15 is 0 Å². The smallest absolute Gasteiger partial charge is 0.330 e. The Morgan fingerprint density at radius 3 is 2.20 bits per heavy atom. The topological polar surface area (TPSA) is 200 Å². The molecule has 3 rings (SSSR count). The number of aliphatic hydroxyl groups excluding tert-OH is 3. The third-order valence-electron chi connectivity index (χ3n) is 10.3. The predicted molar refractivity (Wildman–Crippen MR) is 179 cm³/mol. The third kappa shape index (κ3) is 10.4. The second-order valence-corrected chi connectivity index (χ2v) is 14.5. The average Bonchev–Trinajstić information content (AvgIpc) is 3.04. The Bertz CT molecular complexity index is 1160. The molecule has 2 fully saturated rings. The van der Waals surface area contributed by atoms with Crippen molar-refractivity contribution in [3.63, 3.8) is 0 Å². The van der Waals surface area contributed by atoms with Gasteiger partial charge in [0, 0.05) is 45.0 Å². The van der Waals surface area contributed by atoms with E-state index in [1.807, 2.05) is 0 Å². The second kappa shape index (κ2) is 18.3. The number of rotatable bonds is 8. The number of cyclic esters (lactones) is 1. The number of carbonyl (C=O) groups excluding carboxylic acids is 2. The standard InChI is InChI=1S/C36H60O14/c1-19-14-15-27(39)48-22(4)25(18-46-33-31(45-9)30(44-8)28(40)23(5)49-33)12-10-11-13-26(38)35(7,42)16-20(2)29(19)50-34-32(41)36(43,24(6)37)17-21(3)47-34/h10,12,14-15,19-25,28-34,37,40-43H,11,13,16-18H2,1-9H3/b12-10+,15-14-/t19-,20-,21+,22-,23+,24-,25+,28+,29+,30+,31+,32-,33+,34+,35-,36-/m0/s1. The van der Waals surface area contributed by atoms with Crippen LogP contribution < -0.4 is 0 Å². The number of esters is 1. The molecule has 14 nitrogen and oxygen atoms in total. The molecule has 0 aromatic heterocycles. The maximum atomic E-state index is 13.3. The molecular weight excluding hydrogens is 656 g/mol. The van der Waals surface area contributed by atoms with E-state index in [0.29, 0.717) is 6.42 Å². The van der Waals surface area contributed by atoms with Gasteiger partial charge in [-0.05, 0) is 53.4 Å². The van der Waals surface area contributed by atoms with Crippen molar-refractivity contribution in [2.24, 2.45) is 17.8 Å². The van der Waals surface area contributed by atoms with E-state index in [9.17, 15) is 35.1 Å². The van der Waals surface area contributed by atoms with Crippen LogP contribution in [0.4, 0.5) is 0 Å². The highest BCUT2D eigenvalue weighted by Gasteiger charge is 2.52. The monoisotopic (exact) mass is 716 g/mol. The van der Waals surface area contributed by atoms with Gasteiger partial charge in [-0.2, -0.15) is 0 Å². The fourth-order valence-corrected chi connectivity index (χ4v) is 7.08. The Morgan fingerprint density at radius 2 is 1.58 bits per heavy atom. The van der Waals surface area contributed by atoms with Gasteiger partial charge < -0.3 is 58.7 Å². The summed E-state index contributed by atoms with van der Waals surface area (Å²) in [7, 11) is 2.93. The maximum Gasteiger partial charge on any atom is 0.330 e. The lowest BCUT2D eigenvalue weighted by Gasteiger charge is -2.47. The maximum absolute atomic E-state index is 13.3. The van der Waals surface area contributed by atoms with Gasteiger partial charge in [0.2, 0.25) is 0 Å². The zero-order valence-electron chi connectivity index (χ0n) is 30.8. The van der Waals surface area contributed by atoms with Crippen LogP contribution in [0.3, 0.4) is 0 Å². The summed E-state index contributed by atoms with van der Waals surface area (Å²) < 4.78 is 40.9. The van der Waals surface area contributed by atoms with E-state index in [1.54, 1.807) is 52.8 Å². The molecule has 14 heteroatoms. The van der Waals surface area contributed by atoms with Crippen LogP contribution in [0.25, 0.3) is 0 Å². The molecule has 3 aliphatic heterocycles. The van der Waals surface area contributed by atoms with Crippen LogP contribution in [-0.4, -0.2) is 137 Å². The minimum Gasteiger partial charge on any atom is -0.459 e. The molecule has 16 atom stereocenters. The zero-order valence-corrected chi connectivity index (χ0v) is 30.8. The van der Waals surface area contributed by atoms with Crippen molar-refractivity contribution in [1.29, 1.82) is 0 Å². The highest BCUT2D eigenvalue weighted by molar-refractivity contribution is 5.86. The summed E-state index contributed by atoms with van der Waals surface area (Å²) in [6.45, 7) is 11.5. The van der Waals surface area contributed by atoms with Crippen molar-refractivity contribution in [3.05, 3.63) is 24.3 Å². The van der Waals surface area contributed by atoms with Crippen LogP contribution in [-0.2, 0) is 42.7 Å². The molecule has 0 radical (unpaired) electrons. The van der Waals surface area contributed by atoms with Crippen molar-refractivity contribution in [2.75, 3.05) is 20.8 Å². The molecule has 0 aromatic carbocycles. The van der Waals surface area contributed by atoms with Gasteiger partial charge in [-0.25, -0.2) is 4.79 Å². The minimum absolute atomic E-state index is 0.00692. The summed E-state index contributed by atoms with van der Waals surface area (Å²) in [4.78, 5) is 26.4. The average molecular weight is 717 g/mol. The van der Waals surface area contributed by atoms with E-state index in [2.05, 4.69) is 0 Å². The molecule has 0 saturated carbocycles. The molecule has 0 bridgehead atoms. The number of ether oxygens (including phenoxy) is 7. The lowest BCUT2D eigenvalue weighted by atomic mass is 9.81. The van der Waals surface area contributed by atoms with Gasteiger partial charge in [-0.3, -0.25) is 4.79 Å². The second-order valence-electron chi connectivity index (χ2n) is 14.5. The van der Waals surface area contributed by atoms with E-state index in [-0.39, 0.29) is 31.7 Å². The van der Waals surface area contributed by atoms with Gasteiger partial charge in [0.05, 0.1) is 31.0 Å². The number of methoxy groups -OCH3 is 2. The van der Waals surface area contributed by atoms with Crippen LogP contribution in [0, 0.1) is 17.8 Å². The Morgan fingerprint density at radius 1 is 0.920 bits per heavy atom. The van der Waals surface area contributed by atoms with Gasteiger partial charge in [0.25, 0.3) is 0 Å². The highest BCUT2D eigenvalue weighted by atomic mass is 16.7. The molecule has 3 aliphatic rings. The van der Waals surface area contributed by atoms with E-state index in [0.717, 1.165) is 0 Å². The highest BCUT2D eigenvalue weighted by Crippen LogP contribution is 2.36. The molecule has 50 heavy (non-hydrogen) atoms. The van der Waals surface area contributed by atoms with Crippen LogP contribution in [0.1, 0.15) is 74.1 Å². The quantitative estimate of drug-likeness (QED) is 0.179. The molecule has 0 aliphatic carbocycles. The summed E-state index contributed by atoms with van der Waals surface area (Å²) in [5.41, 5.74) is -3.62. The molecule has 0 unspecified atom stereocenters. The summed E-state index contributed by atoms with van der Waals surface area (Å²) in [5.74, 6) is -2.51. The van der Waals surface area contributed by atoms with Crippen molar-refractivity contribution in [2.45, 2.75) is 153 Å². The Kier molecular flexibility index (Phi) is 15.6. The number of allylic oxidation sites excluding steroid dienone is 1. The lowest BCUT2D eigenvalue weighted by molar-refractivity contribution is -0.322. The zero-order chi connectivity index (χ0) is 37.6. The molecule has 5 N–H and O–H groups in total. The number of carbonyl (C=O) groups is 2. The number of ketones is 1. The third-order valence-corrected chi connectivity index (χ3v) is 10.3. The van der Waals surface area contributed by atoms with Crippen molar-refractivity contribution < 1.29 is 68.3 Å². The molecule has 0 amide bonds. The van der Waals surface area contributed by atoms with Gasteiger partial charge >= 0.3 is 5.97 Å². The van der Waals surface area contributed by atoms with E-state index < -0.39 is 102 Å². The number of Topliss-reactive ketones (excluding diaryl/α,β-unsaturated/α-hetero) is 1. The molecule has 0 spiro atoms. The fraction of sp³-hybridized carbons (Fsp3) is 0.833. The number of aliphatic hydroxyl groups is 5. The SMILES string of the molecule is CO[C@@H]1[C@H](O)[C@@H](C)O[C@@H](OC[C@H]2/C=C/CCC(=O)[C@@](C)(O)C[C@H](C)[C@H](O[C@H]3O[C@H](C)C[C@](O)([C@H](C)O)[C@H]3O)[C@@H](C)/C=C\C(=O)O[C@H]2C)[C@@H]1OC. The van der Waals surface area contributed by atoms with E-state index in [1.165, 1.54) is 34.1 Å². The lowest BCUT2D eigenvalue weighted by Crippen LogP contribution is -2.63. The first kappa shape index (κ1) is 42.6.